The number of allylic oxidation sites excluding steroid dienone is 2. The second-order valence-electron chi connectivity index (χ2n) is 21.3. The number of carbonyl (C=O) groups excluding carboxylic acids is 1. The molecule has 1 fully saturated rings. The monoisotopic (exact) mass is 873 g/mol. The lowest BCUT2D eigenvalue weighted by Crippen LogP contribution is -2.51. The Morgan fingerprint density at radius 2 is 1.05 bits per heavy atom. The minimum atomic E-state index is -2.21. The molecule has 0 N–H and O–H groups in total. The van der Waals surface area contributed by atoms with E-state index >= 15 is 0 Å². The predicted molar refractivity (Wildman–Crippen MR) is 263 cm³/mol. The molecule has 0 radical (unpaired) electrons. The van der Waals surface area contributed by atoms with E-state index in [2.05, 4.69) is 167 Å². The Kier molecular flexibility index (Phi) is 22.7. The van der Waals surface area contributed by atoms with E-state index in [1.807, 2.05) is 0 Å². The molecule has 1 saturated carbocycles. The zero-order valence-corrected chi connectivity index (χ0v) is 45.0. The topological polar surface area (TPSA) is 54.0 Å². The second-order valence-corrected chi connectivity index (χ2v) is 37.6. The van der Waals surface area contributed by atoms with Crippen molar-refractivity contribution in [1.82, 2.24) is 0 Å². The molecular formula is C51H96O5Si3. The standard InChI is InChI=1S/C51H96O5Si3/c1-36(2)57(37(3)4,38(5)6)54-46(32-31-45-27-23-22-24-28-45)33-34-48-47(29-25-20-21-26-30-51(52)53-19)49(55-58(39(7)8,40(9)10)41(11)12)35-50(48)56-59(42(13)14,43(15)16)44(17)18/h20,22-25,27-28,36-44,46-50H,21,26,29-35H2,1-19H3/b25-20+/t46-,47+,48+,49-,50+/m0/s1. The third-order valence-electron chi connectivity index (χ3n) is 15.1. The van der Waals surface area contributed by atoms with Crippen molar-refractivity contribution in [1.29, 1.82) is 0 Å². The highest BCUT2D eigenvalue weighted by Crippen LogP contribution is 2.53. The third kappa shape index (κ3) is 13.5. The largest absolute Gasteiger partial charge is 0.469 e. The van der Waals surface area contributed by atoms with Gasteiger partial charge in [-0.05, 0) is 119 Å². The molecule has 8 heteroatoms. The number of esters is 1. The van der Waals surface area contributed by atoms with Crippen LogP contribution < -0.4 is 0 Å². The maximum Gasteiger partial charge on any atom is 0.305 e. The number of hydrogen-bond donors (Lipinski definition) is 0. The Morgan fingerprint density at radius 1 is 0.610 bits per heavy atom. The van der Waals surface area contributed by atoms with Gasteiger partial charge >= 0.3 is 5.97 Å². The van der Waals surface area contributed by atoms with Gasteiger partial charge in [0.25, 0.3) is 0 Å². The maximum atomic E-state index is 11.9. The molecule has 5 nitrogen and oxygen atoms in total. The number of benzene rings is 1. The van der Waals surface area contributed by atoms with E-state index in [1.165, 1.54) is 12.7 Å². The van der Waals surface area contributed by atoms with Gasteiger partial charge in [0.15, 0.2) is 0 Å². The van der Waals surface area contributed by atoms with Crippen LogP contribution in [0.5, 0.6) is 0 Å². The van der Waals surface area contributed by atoms with Gasteiger partial charge in [-0.3, -0.25) is 4.79 Å². The van der Waals surface area contributed by atoms with Gasteiger partial charge < -0.3 is 18.0 Å². The summed E-state index contributed by atoms with van der Waals surface area (Å²) >= 11 is 0. The first-order chi connectivity index (χ1) is 27.6. The Labute approximate surface area is 369 Å². The molecule has 0 bridgehead atoms. The summed E-state index contributed by atoms with van der Waals surface area (Å²) in [4.78, 5) is 11.9. The summed E-state index contributed by atoms with van der Waals surface area (Å²) in [6.07, 6.45) is 13.6. The van der Waals surface area contributed by atoms with E-state index in [-0.39, 0.29) is 24.3 Å². The Balaban J connectivity index is 2.78. The molecule has 0 unspecified atom stereocenters. The summed E-state index contributed by atoms with van der Waals surface area (Å²) in [5, 5.41) is 0. The molecule has 1 aliphatic rings. The van der Waals surface area contributed by atoms with Crippen LogP contribution in [0.4, 0.5) is 0 Å². The number of hydrogen-bond acceptors (Lipinski definition) is 5. The van der Waals surface area contributed by atoms with E-state index < -0.39 is 25.0 Å². The fraction of sp³-hybridized carbons (Fsp3) is 0.824. The molecule has 0 aromatic heterocycles. The number of unbranched alkanes of at least 4 members (excludes halogenated alkanes) is 1. The molecule has 0 heterocycles. The second kappa shape index (κ2) is 24.7. The lowest BCUT2D eigenvalue weighted by atomic mass is 9.85. The highest BCUT2D eigenvalue weighted by Gasteiger charge is 2.55. The fourth-order valence-corrected chi connectivity index (χ4v) is 29.5. The van der Waals surface area contributed by atoms with Crippen LogP contribution in [0.1, 0.15) is 182 Å². The van der Waals surface area contributed by atoms with E-state index in [0.29, 0.717) is 68.1 Å². The molecule has 5 atom stereocenters. The van der Waals surface area contributed by atoms with Gasteiger partial charge in [0, 0.05) is 12.5 Å². The van der Waals surface area contributed by atoms with Gasteiger partial charge in [-0.15, -0.1) is 0 Å². The Hall–Kier alpha value is -1.04. The molecule has 2 rings (SSSR count). The van der Waals surface area contributed by atoms with Crippen molar-refractivity contribution in [3.8, 4) is 0 Å². The van der Waals surface area contributed by atoms with Crippen LogP contribution in [-0.2, 0) is 29.2 Å². The van der Waals surface area contributed by atoms with Crippen molar-refractivity contribution in [3.63, 3.8) is 0 Å². The van der Waals surface area contributed by atoms with Crippen LogP contribution >= 0.6 is 0 Å². The molecule has 59 heavy (non-hydrogen) atoms. The number of carbonyl (C=O) groups is 1. The lowest BCUT2D eigenvalue weighted by molar-refractivity contribution is -0.140. The summed E-state index contributed by atoms with van der Waals surface area (Å²) in [6, 6.07) is 11.1. The first kappa shape index (κ1) is 54.1. The molecule has 342 valence electrons. The summed E-state index contributed by atoms with van der Waals surface area (Å²) in [5.41, 5.74) is 6.11. The first-order valence-corrected chi connectivity index (χ1v) is 30.8. The van der Waals surface area contributed by atoms with Crippen molar-refractivity contribution < 1.29 is 22.8 Å². The molecule has 1 aromatic rings. The molecule has 0 spiro atoms. The SMILES string of the molecule is COC(=O)CCC/C=C/C[C@@H]1[C@@H](CC[C@H](CCc2ccccc2)O[Si](C(C)C)(C(C)C)C(C)C)[C@H](O[Si](C(C)C)(C(C)C)C(C)C)C[C@@H]1O[Si](C(C)C)(C(C)C)C(C)C. The van der Waals surface area contributed by atoms with Crippen LogP contribution in [0, 0.1) is 11.8 Å². The van der Waals surface area contributed by atoms with Crippen LogP contribution in [0.3, 0.4) is 0 Å². The van der Waals surface area contributed by atoms with Crippen molar-refractivity contribution in [2.24, 2.45) is 11.8 Å². The van der Waals surface area contributed by atoms with Gasteiger partial charge in [0.2, 0.25) is 25.0 Å². The molecule has 1 aliphatic carbocycles. The fourth-order valence-electron chi connectivity index (χ4n) is 12.6. The minimum absolute atomic E-state index is 0.128. The van der Waals surface area contributed by atoms with E-state index in [1.54, 1.807) is 0 Å². The predicted octanol–water partition coefficient (Wildman–Crippen LogP) is 16.0. The normalized spacial score (nSPS) is 20.4. The zero-order chi connectivity index (χ0) is 44.9. The third-order valence-corrected chi connectivity index (χ3v) is 33.6. The maximum absolute atomic E-state index is 11.9. The Morgan fingerprint density at radius 3 is 1.47 bits per heavy atom. The van der Waals surface area contributed by atoms with Crippen molar-refractivity contribution >= 4 is 30.9 Å². The van der Waals surface area contributed by atoms with Gasteiger partial charge in [-0.1, -0.05) is 167 Å². The average molecular weight is 874 g/mol. The van der Waals surface area contributed by atoms with Gasteiger partial charge in [-0.25, -0.2) is 0 Å². The lowest BCUT2D eigenvalue weighted by Gasteiger charge is -2.46. The first-order valence-electron chi connectivity index (χ1n) is 24.3. The van der Waals surface area contributed by atoms with Crippen molar-refractivity contribution in [3.05, 3.63) is 48.0 Å². The van der Waals surface area contributed by atoms with Crippen LogP contribution in [0.2, 0.25) is 49.9 Å². The average Bonchev–Trinajstić information content (AvgIpc) is 3.47. The van der Waals surface area contributed by atoms with E-state index in [4.69, 9.17) is 18.0 Å². The van der Waals surface area contributed by atoms with Crippen molar-refractivity contribution in [2.75, 3.05) is 7.11 Å². The van der Waals surface area contributed by atoms with Gasteiger partial charge in [-0.2, -0.15) is 0 Å². The van der Waals surface area contributed by atoms with E-state index in [9.17, 15) is 4.79 Å². The highest BCUT2D eigenvalue weighted by molar-refractivity contribution is 6.78. The molecule has 0 saturated heterocycles. The number of ether oxygens (including phenoxy) is 1. The number of rotatable bonds is 27. The highest BCUT2D eigenvalue weighted by atomic mass is 28.4. The van der Waals surface area contributed by atoms with E-state index in [0.717, 1.165) is 51.4 Å². The smallest absolute Gasteiger partial charge is 0.305 e. The molecular weight excluding hydrogens is 777 g/mol. The quantitative estimate of drug-likeness (QED) is 0.0381. The summed E-state index contributed by atoms with van der Waals surface area (Å²) in [7, 11) is -5.06. The van der Waals surface area contributed by atoms with Crippen LogP contribution in [0.15, 0.2) is 42.5 Å². The molecule has 1 aromatic carbocycles. The van der Waals surface area contributed by atoms with Crippen LogP contribution in [0.25, 0.3) is 0 Å². The van der Waals surface area contributed by atoms with Gasteiger partial charge in [0.1, 0.15) is 0 Å². The number of aryl methyl sites for hydroxylation is 1. The molecule has 0 amide bonds. The summed E-state index contributed by atoms with van der Waals surface area (Å²) < 4.78 is 28.6. The van der Waals surface area contributed by atoms with Crippen molar-refractivity contribution in [2.45, 2.75) is 251 Å². The summed E-state index contributed by atoms with van der Waals surface area (Å²) in [6.45, 7) is 43.8. The molecule has 0 aliphatic heterocycles. The number of methoxy groups -OCH3 is 1. The zero-order valence-electron chi connectivity index (χ0n) is 42.0. The Bertz CT molecular complexity index is 1290. The van der Waals surface area contributed by atoms with Gasteiger partial charge in [0.05, 0.1) is 19.3 Å². The summed E-state index contributed by atoms with van der Waals surface area (Å²) in [5.74, 6) is 0.601. The minimum Gasteiger partial charge on any atom is -0.469 e. The van der Waals surface area contributed by atoms with Crippen LogP contribution in [-0.4, -0.2) is 56.3 Å².